The van der Waals surface area contributed by atoms with Crippen LogP contribution in [-0.2, 0) is 16.3 Å². The molecule has 1 atom stereocenters. The summed E-state index contributed by atoms with van der Waals surface area (Å²) in [5, 5.41) is 4.67. The molecule has 0 amide bonds. The van der Waals surface area contributed by atoms with Crippen LogP contribution in [0.1, 0.15) is 55.8 Å². The first-order chi connectivity index (χ1) is 9.02. The van der Waals surface area contributed by atoms with Gasteiger partial charge >= 0.3 is 0 Å². The molecule has 0 aromatic carbocycles. The van der Waals surface area contributed by atoms with E-state index in [0.717, 1.165) is 24.1 Å². The molecule has 1 aliphatic heterocycles. The summed E-state index contributed by atoms with van der Waals surface area (Å²) in [6, 6.07) is -0.0619. The molecule has 106 valence electrons. The number of nitrogens with two attached hydrogens (primary N) is 1. The average Bonchev–Trinajstić information content (AvgIpc) is 3.06. The quantitative estimate of drug-likeness (QED) is 0.911. The maximum Gasteiger partial charge on any atom is 0.152 e. The summed E-state index contributed by atoms with van der Waals surface area (Å²) in [4.78, 5) is 0. The van der Waals surface area contributed by atoms with Crippen molar-refractivity contribution < 1.29 is 8.42 Å². The fourth-order valence-electron chi connectivity index (χ4n) is 2.94. The predicted molar refractivity (Wildman–Crippen MR) is 74.9 cm³/mol. The average molecular weight is 283 g/mol. The maximum atomic E-state index is 11.6. The molecule has 2 aliphatic rings. The van der Waals surface area contributed by atoms with Crippen LogP contribution < -0.4 is 5.73 Å². The zero-order valence-electron chi connectivity index (χ0n) is 11.3. The van der Waals surface area contributed by atoms with Gasteiger partial charge in [0.25, 0.3) is 0 Å². The number of hydrogen-bond donors (Lipinski definition) is 1. The molecule has 1 unspecified atom stereocenters. The van der Waals surface area contributed by atoms with E-state index in [9.17, 15) is 8.42 Å². The highest BCUT2D eigenvalue weighted by Gasteiger charge is 2.35. The molecular formula is C13H21N3O2S. The Bertz CT molecular complexity index is 587. The van der Waals surface area contributed by atoms with Crippen molar-refractivity contribution in [2.75, 3.05) is 17.2 Å². The molecule has 1 aromatic heterocycles. The molecule has 0 bridgehead atoms. The van der Waals surface area contributed by atoms with Crippen LogP contribution in [0, 0.1) is 0 Å². The first kappa shape index (κ1) is 13.0. The molecule has 1 saturated carbocycles. The molecule has 2 heterocycles. The van der Waals surface area contributed by atoms with Gasteiger partial charge in [-0.15, -0.1) is 0 Å². The fourth-order valence-corrected chi connectivity index (χ4v) is 4.63. The molecule has 0 spiro atoms. The zero-order chi connectivity index (χ0) is 13.6. The van der Waals surface area contributed by atoms with Crippen molar-refractivity contribution in [3.8, 4) is 0 Å². The molecule has 0 radical (unpaired) electrons. The Morgan fingerprint density at radius 1 is 1.37 bits per heavy atom. The second-order valence-electron chi connectivity index (χ2n) is 5.77. The minimum Gasteiger partial charge on any atom is -0.384 e. The fraction of sp³-hybridized carbons (Fsp3) is 0.769. The number of anilines is 1. The smallest absolute Gasteiger partial charge is 0.152 e. The van der Waals surface area contributed by atoms with Crippen LogP contribution >= 0.6 is 0 Å². The number of aromatic nitrogens is 2. The summed E-state index contributed by atoms with van der Waals surface area (Å²) >= 11 is 0. The highest BCUT2D eigenvalue weighted by atomic mass is 32.2. The summed E-state index contributed by atoms with van der Waals surface area (Å²) in [7, 11) is -2.90. The van der Waals surface area contributed by atoms with Crippen LogP contribution in [0.15, 0.2) is 0 Å². The first-order valence-corrected chi connectivity index (χ1v) is 8.91. The van der Waals surface area contributed by atoms with Crippen molar-refractivity contribution in [1.29, 1.82) is 0 Å². The Labute approximate surface area is 114 Å². The second kappa shape index (κ2) is 4.51. The van der Waals surface area contributed by atoms with Crippen LogP contribution in [0.4, 0.5) is 5.82 Å². The monoisotopic (exact) mass is 283 g/mol. The molecule has 3 rings (SSSR count). The van der Waals surface area contributed by atoms with Crippen LogP contribution in [0.25, 0.3) is 0 Å². The van der Waals surface area contributed by atoms with Gasteiger partial charge in [0, 0.05) is 11.5 Å². The normalized spacial score (nSPS) is 25.8. The lowest BCUT2D eigenvalue weighted by atomic mass is 10.1. The summed E-state index contributed by atoms with van der Waals surface area (Å²) in [6.07, 6.45) is 5.01. The van der Waals surface area contributed by atoms with E-state index in [0.29, 0.717) is 18.2 Å². The van der Waals surface area contributed by atoms with E-state index < -0.39 is 9.84 Å². The minimum absolute atomic E-state index is 0.0619. The molecule has 1 aliphatic carbocycles. The molecule has 6 heteroatoms. The first-order valence-electron chi connectivity index (χ1n) is 7.09. The second-order valence-corrected chi connectivity index (χ2v) is 8.00. The van der Waals surface area contributed by atoms with Gasteiger partial charge in [-0.3, -0.25) is 0 Å². The number of nitrogen functional groups attached to an aromatic ring is 1. The third-order valence-corrected chi connectivity index (χ3v) is 5.85. The van der Waals surface area contributed by atoms with E-state index in [1.807, 2.05) is 0 Å². The summed E-state index contributed by atoms with van der Waals surface area (Å²) in [5.41, 5.74) is 8.52. The third-order valence-electron chi connectivity index (χ3n) is 4.10. The van der Waals surface area contributed by atoms with Gasteiger partial charge in [0.15, 0.2) is 9.84 Å². The van der Waals surface area contributed by atoms with Crippen molar-refractivity contribution >= 4 is 15.7 Å². The summed E-state index contributed by atoms with van der Waals surface area (Å²) in [6.45, 7) is 2.13. The molecule has 1 saturated heterocycles. The van der Waals surface area contributed by atoms with E-state index in [-0.39, 0.29) is 17.5 Å². The minimum atomic E-state index is -2.90. The van der Waals surface area contributed by atoms with Gasteiger partial charge in [0.1, 0.15) is 5.82 Å². The highest BCUT2D eigenvalue weighted by Crippen LogP contribution is 2.43. The summed E-state index contributed by atoms with van der Waals surface area (Å²) < 4.78 is 25.0. The van der Waals surface area contributed by atoms with Gasteiger partial charge in [-0.25, -0.2) is 13.1 Å². The zero-order valence-corrected chi connectivity index (χ0v) is 12.1. The van der Waals surface area contributed by atoms with Gasteiger partial charge in [0.2, 0.25) is 0 Å². The lowest BCUT2D eigenvalue weighted by Gasteiger charge is -2.10. The number of sulfone groups is 1. The number of nitrogens with zero attached hydrogens (tertiary/aromatic N) is 2. The van der Waals surface area contributed by atoms with Gasteiger partial charge in [0.05, 0.1) is 23.2 Å². The molecule has 5 nitrogen and oxygen atoms in total. The topological polar surface area (TPSA) is 78.0 Å². The lowest BCUT2D eigenvalue weighted by molar-refractivity contribution is 0.502. The SMILES string of the molecule is CCCc1c(C2CC2)nn(C2CCS(=O)(=O)C2)c1N. The lowest BCUT2D eigenvalue weighted by Crippen LogP contribution is -2.15. The molecule has 2 fully saturated rings. The Balaban J connectivity index is 1.95. The van der Waals surface area contributed by atoms with Crippen LogP contribution in [0.3, 0.4) is 0 Å². The van der Waals surface area contributed by atoms with Crippen molar-refractivity contribution in [1.82, 2.24) is 9.78 Å². The Morgan fingerprint density at radius 2 is 2.11 bits per heavy atom. The molecule has 1 aromatic rings. The van der Waals surface area contributed by atoms with Crippen LogP contribution in [0.5, 0.6) is 0 Å². The van der Waals surface area contributed by atoms with Crippen LogP contribution in [-0.4, -0.2) is 29.7 Å². The Morgan fingerprint density at radius 3 is 2.63 bits per heavy atom. The van der Waals surface area contributed by atoms with Crippen LogP contribution in [0.2, 0.25) is 0 Å². The van der Waals surface area contributed by atoms with Gasteiger partial charge in [-0.1, -0.05) is 13.3 Å². The van der Waals surface area contributed by atoms with Gasteiger partial charge in [-0.2, -0.15) is 5.10 Å². The van der Waals surface area contributed by atoms with Gasteiger partial charge < -0.3 is 5.73 Å². The Kier molecular flexibility index (Phi) is 3.08. The van der Waals surface area contributed by atoms with Crippen molar-refractivity contribution in [2.24, 2.45) is 0 Å². The Hall–Kier alpha value is -1.04. The van der Waals surface area contributed by atoms with Crippen molar-refractivity contribution in [2.45, 2.75) is 51.0 Å². The van der Waals surface area contributed by atoms with Gasteiger partial charge in [-0.05, 0) is 25.7 Å². The number of hydrogen-bond acceptors (Lipinski definition) is 4. The molecular weight excluding hydrogens is 262 g/mol. The maximum absolute atomic E-state index is 11.6. The number of rotatable bonds is 4. The molecule has 19 heavy (non-hydrogen) atoms. The van der Waals surface area contributed by atoms with E-state index in [1.165, 1.54) is 12.8 Å². The summed E-state index contributed by atoms with van der Waals surface area (Å²) in [5.74, 6) is 1.71. The largest absolute Gasteiger partial charge is 0.384 e. The van der Waals surface area contributed by atoms with E-state index in [1.54, 1.807) is 4.68 Å². The third kappa shape index (κ3) is 2.38. The predicted octanol–water partition coefficient (Wildman–Crippen LogP) is 1.65. The highest BCUT2D eigenvalue weighted by molar-refractivity contribution is 7.91. The van der Waals surface area contributed by atoms with E-state index >= 15 is 0 Å². The van der Waals surface area contributed by atoms with Crippen molar-refractivity contribution in [3.05, 3.63) is 11.3 Å². The van der Waals surface area contributed by atoms with Crippen molar-refractivity contribution in [3.63, 3.8) is 0 Å². The standard InChI is InChI=1S/C13H21N3O2S/c1-2-3-11-12(9-4-5-9)15-16(13(11)14)10-6-7-19(17,18)8-10/h9-10H,2-8,14H2,1H3. The van der Waals surface area contributed by atoms with E-state index in [2.05, 4.69) is 12.0 Å². The molecule has 2 N–H and O–H groups in total. The van der Waals surface area contributed by atoms with E-state index in [4.69, 9.17) is 5.73 Å².